The molecule has 1 heterocycles. The number of carbonyl (C=O) groups excluding carboxylic acids is 1. The van der Waals surface area contributed by atoms with E-state index in [2.05, 4.69) is 4.90 Å². The van der Waals surface area contributed by atoms with Crippen LogP contribution in [0.25, 0.3) is 0 Å². The van der Waals surface area contributed by atoms with Crippen molar-refractivity contribution in [3.63, 3.8) is 0 Å². The molecule has 21 heavy (non-hydrogen) atoms. The number of nitro benzene ring substituents is 1. The topological polar surface area (TPSA) is 63.5 Å². The van der Waals surface area contributed by atoms with Crippen molar-refractivity contribution >= 4 is 11.5 Å². The van der Waals surface area contributed by atoms with Crippen molar-refractivity contribution < 1.29 is 9.72 Å². The zero-order chi connectivity index (χ0) is 14.8. The monoisotopic (exact) mass is 288 g/mol. The number of rotatable bonds is 4. The second-order valence-electron chi connectivity index (χ2n) is 6.10. The highest BCUT2D eigenvalue weighted by molar-refractivity contribution is 5.97. The van der Waals surface area contributed by atoms with Gasteiger partial charge in [-0.2, -0.15) is 0 Å². The third-order valence-electron chi connectivity index (χ3n) is 4.87. The Balaban J connectivity index is 1.64. The van der Waals surface area contributed by atoms with Crippen molar-refractivity contribution in [3.8, 4) is 0 Å². The number of non-ortho nitro benzene ring substituents is 1. The molecule has 1 aromatic rings. The van der Waals surface area contributed by atoms with Gasteiger partial charge in [0.2, 0.25) is 0 Å². The summed E-state index contributed by atoms with van der Waals surface area (Å²) in [4.78, 5) is 24.8. The number of hydrogen-bond donors (Lipinski definition) is 0. The average Bonchev–Trinajstić information content (AvgIpc) is 2.91. The van der Waals surface area contributed by atoms with Crippen LogP contribution in [0.3, 0.4) is 0 Å². The highest BCUT2D eigenvalue weighted by Crippen LogP contribution is 2.36. The van der Waals surface area contributed by atoms with Crippen molar-refractivity contribution in [1.29, 1.82) is 0 Å². The maximum absolute atomic E-state index is 12.3. The van der Waals surface area contributed by atoms with Crippen molar-refractivity contribution in [2.45, 2.75) is 38.1 Å². The number of nitro groups is 1. The minimum absolute atomic E-state index is 0.0278. The molecule has 112 valence electrons. The maximum atomic E-state index is 12.3. The van der Waals surface area contributed by atoms with Gasteiger partial charge in [0.15, 0.2) is 5.78 Å². The molecule has 0 aromatic heterocycles. The van der Waals surface area contributed by atoms with Gasteiger partial charge in [-0.1, -0.05) is 12.8 Å². The number of fused-ring (bicyclic) bond motifs is 1. The van der Waals surface area contributed by atoms with Gasteiger partial charge in [0, 0.05) is 23.7 Å². The Hall–Kier alpha value is -1.75. The molecule has 5 nitrogen and oxygen atoms in total. The Bertz CT molecular complexity index is 541. The molecule has 0 amide bonds. The number of hydrogen-bond acceptors (Lipinski definition) is 4. The first-order valence-electron chi connectivity index (χ1n) is 7.67. The lowest BCUT2D eigenvalue weighted by Gasteiger charge is -2.31. The van der Waals surface area contributed by atoms with Crippen LogP contribution in [0, 0.1) is 16.0 Å². The zero-order valence-corrected chi connectivity index (χ0v) is 12.0. The zero-order valence-electron chi connectivity index (χ0n) is 12.0. The van der Waals surface area contributed by atoms with Crippen LogP contribution in [0.2, 0.25) is 0 Å². The third kappa shape index (κ3) is 2.97. The quantitative estimate of drug-likeness (QED) is 0.485. The van der Waals surface area contributed by atoms with Gasteiger partial charge < -0.3 is 0 Å². The molecule has 0 bridgehead atoms. The van der Waals surface area contributed by atoms with Crippen LogP contribution >= 0.6 is 0 Å². The Morgan fingerprint density at radius 1 is 1.19 bits per heavy atom. The minimum Gasteiger partial charge on any atom is -0.293 e. The first-order chi connectivity index (χ1) is 10.1. The molecular formula is C16H20N2O3. The fourth-order valence-corrected chi connectivity index (χ4v) is 3.74. The second-order valence-corrected chi connectivity index (χ2v) is 6.10. The SMILES string of the molecule is O=C(CN1CCC2CCCCC21)c1ccc([N+](=O)[O-])cc1. The summed E-state index contributed by atoms with van der Waals surface area (Å²) < 4.78 is 0. The number of ketones is 1. The average molecular weight is 288 g/mol. The van der Waals surface area contributed by atoms with Gasteiger partial charge in [-0.25, -0.2) is 0 Å². The van der Waals surface area contributed by atoms with Crippen LogP contribution in [0.15, 0.2) is 24.3 Å². The lowest BCUT2D eigenvalue weighted by atomic mass is 9.85. The number of likely N-dealkylation sites (tertiary alicyclic amines) is 1. The van der Waals surface area contributed by atoms with E-state index in [4.69, 9.17) is 0 Å². The van der Waals surface area contributed by atoms with Gasteiger partial charge in [0.1, 0.15) is 0 Å². The molecule has 1 aliphatic heterocycles. The molecule has 1 saturated carbocycles. The predicted octanol–water partition coefficient (Wildman–Crippen LogP) is 3.04. The fourth-order valence-electron chi connectivity index (χ4n) is 3.74. The van der Waals surface area contributed by atoms with Crippen molar-refractivity contribution in [1.82, 2.24) is 4.90 Å². The van der Waals surface area contributed by atoms with Crippen molar-refractivity contribution in [2.24, 2.45) is 5.92 Å². The number of carbonyl (C=O) groups is 1. The molecule has 2 fully saturated rings. The summed E-state index contributed by atoms with van der Waals surface area (Å²) in [6.45, 7) is 1.45. The standard InChI is InChI=1S/C16H20N2O3/c19-16(13-5-7-14(8-6-13)18(20)21)11-17-10-9-12-3-1-2-4-15(12)17/h5-8,12,15H,1-4,9-11H2. The first kappa shape index (κ1) is 14.2. The van der Waals surface area contributed by atoms with Crippen LogP contribution in [0.5, 0.6) is 0 Å². The maximum Gasteiger partial charge on any atom is 0.269 e. The minimum atomic E-state index is -0.443. The summed E-state index contributed by atoms with van der Waals surface area (Å²) in [6.07, 6.45) is 6.30. The van der Waals surface area contributed by atoms with Crippen LogP contribution in [0.4, 0.5) is 5.69 Å². The smallest absolute Gasteiger partial charge is 0.269 e. The lowest BCUT2D eigenvalue weighted by Crippen LogP contribution is -2.38. The molecule has 0 radical (unpaired) electrons. The summed E-state index contributed by atoms with van der Waals surface area (Å²) in [5.41, 5.74) is 0.597. The molecule has 2 aliphatic rings. The Morgan fingerprint density at radius 3 is 2.62 bits per heavy atom. The molecule has 1 aromatic carbocycles. The molecular weight excluding hydrogens is 268 g/mol. The highest BCUT2D eigenvalue weighted by Gasteiger charge is 2.36. The Morgan fingerprint density at radius 2 is 1.90 bits per heavy atom. The molecule has 0 N–H and O–H groups in total. The van der Waals surface area contributed by atoms with E-state index in [0.29, 0.717) is 18.2 Å². The van der Waals surface area contributed by atoms with Gasteiger partial charge in [0.25, 0.3) is 5.69 Å². The number of Topliss-reactive ketones (excluding diaryl/α,β-unsaturated/α-hetero) is 1. The molecule has 1 saturated heterocycles. The number of benzene rings is 1. The number of nitrogens with zero attached hydrogens (tertiary/aromatic N) is 2. The van der Waals surface area contributed by atoms with E-state index in [-0.39, 0.29) is 11.5 Å². The summed E-state index contributed by atoms with van der Waals surface area (Å²) in [5, 5.41) is 10.6. The van der Waals surface area contributed by atoms with Gasteiger partial charge in [-0.15, -0.1) is 0 Å². The van der Waals surface area contributed by atoms with E-state index in [0.717, 1.165) is 12.5 Å². The molecule has 5 heteroatoms. The van der Waals surface area contributed by atoms with Crippen molar-refractivity contribution in [2.75, 3.05) is 13.1 Å². The van der Waals surface area contributed by atoms with E-state index in [9.17, 15) is 14.9 Å². The largest absolute Gasteiger partial charge is 0.293 e. The predicted molar refractivity (Wildman–Crippen MR) is 79.4 cm³/mol. The van der Waals surface area contributed by atoms with Gasteiger partial charge in [-0.3, -0.25) is 19.8 Å². The van der Waals surface area contributed by atoms with Gasteiger partial charge in [-0.05, 0) is 43.9 Å². The van der Waals surface area contributed by atoms with Gasteiger partial charge >= 0.3 is 0 Å². The molecule has 2 atom stereocenters. The van der Waals surface area contributed by atoms with Crippen molar-refractivity contribution in [3.05, 3.63) is 39.9 Å². The summed E-state index contributed by atoms with van der Waals surface area (Å²) in [5.74, 6) is 0.833. The van der Waals surface area contributed by atoms with Crippen LogP contribution in [-0.4, -0.2) is 34.7 Å². The second kappa shape index (κ2) is 5.93. The molecule has 1 aliphatic carbocycles. The van der Waals surface area contributed by atoms with E-state index >= 15 is 0 Å². The van der Waals surface area contributed by atoms with Crippen LogP contribution in [-0.2, 0) is 0 Å². The third-order valence-corrected chi connectivity index (χ3v) is 4.87. The fraction of sp³-hybridized carbons (Fsp3) is 0.562. The summed E-state index contributed by atoms with van der Waals surface area (Å²) >= 11 is 0. The first-order valence-corrected chi connectivity index (χ1v) is 7.67. The highest BCUT2D eigenvalue weighted by atomic mass is 16.6. The Kier molecular flexibility index (Phi) is 4.01. The lowest BCUT2D eigenvalue weighted by molar-refractivity contribution is -0.384. The van der Waals surface area contributed by atoms with Gasteiger partial charge in [0.05, 0.1) is 11.5 Å². The van der Waals surface area contributed by atoms with E-state index in [1.807, 2.05) is 0 Å². The molecule has 2 unspecified atom stereocenters. The Labute approximate surface area is 124 Å². The summed E-state index contributed by atoms with van der Waals surface area (Å²) in [6, 6.07) is 6.51. The van der Waals surface area contributed by atoms with Crippen LogP contribution < -0.4 is 0 Å². The van der Waals surface area contributed by atoms with E-state index in [1.165, 1.54) is 44.2 Å². The van der Waals surface area contributed by atoms with E-state index in [1.54, 1.807) is 12.1 Å². The molecule has 0 spiro atoms. The van der Waals surface area contributed by atoms with Crippen LogP contribution in [0.1, 0.15) is 42.5 Å². The molecule has 3 rings (SSSR count). The summed E-state index contributed by atoms with van der Waals surface area (Å²) in [7, 11) is 0. The normalized spacial score (nSPS) is 25.5. The van der Waals surface area contributed by atoms with E-state index < -0.39 is 4.92 Å².